The lowest BCUT2D eigenvalue weighted by Gasteiger charge is -2.17. The molecule has 2 amide bonds. The van der Waals surface area contributed by atoms with Crippen LogP contribution >= 0.6 is 27.5 Å². The zero-order valence-electron chi connectivity index (χ0n) is 13.7. The fourth-order valence-electron chi connectivity index (χ4n) is 2.80. The summed E-state index contributed by atoms with van der Waals surface area (Å²) in [5.74, 6) is -0.950. The van der Waals surface area contributed by atoms with Crippen LogP contribution in [0.15, 0.2) is 65.1 Å². The average Bonchev–Trinajstić information content (AvgIpc) is 2.63. The van der Waals surface area contributed by atoms with Gasteiger partial charge in [-0.2, -0.15) is 0 Å². The summed E-state index contributed by atoms with van der Waals surface area (Å²) < 4.78 is 0.799. The Morgan fingerprint density at radius 1 is 1.08 bits per heavy atom. The second-order valence-electron chi connectivity index (χ2n) is 5.89. The number of hydrogen-bond donors (Lipinski definition) is 2. The summed E-state index contributed by atoms with van der Waals surface area (Å²) in [4.78, 5) is 24.6. The number of carbonyl (C=O) groups is 2. The molecule has 26 heavy (non-hydrogen) atoms. The fraction of sp³-hybridized carbons (Fsp3) is 0.100. The Hall–Kier alpha value is -2.37. The molecule has 1 atom stereocenters. The van der Waals surface area contributed by atoms with Crippen LogP contribution in [0.5, 0.6) is 0 Å². The van der Waals surface area contributed by atoms with E-state index in [0.717, 1.165) is 20.8 Å². The fourth-order valence-corrected chi connectivity index (χ4v) is 3.41. The van der Waals surface area contributed by atoms with Crippen LogP contribution in [-0.4, -0.2) is 17.9 Å². The van der Waals surface area contributed by atoms with Gasteiger partial charge in [-0.1, -0.05) is 63.9 Å². The highest BCUT2D eigenvalue weighted by Gasteiger charge is 2.21. The molecule has 0 aliphatic carbocycles. The summed E-state index contributed by atoms with van der Waals surface area (Å²) >= 11 is 9.45. The maximum absolute atomic E-state index is 12.8. The molecule has 0 aliphatic heterocycles. The quantitative estimate of drug-likeness (QED) is 0.639. The van der Waals surface area contributed by atoms with Crippen LogP contribution in [-0.2, 0) is 11.2 Å². The number of benzene rings is 3. The van der Waals surface area contributed by atoms with E-state index in [1.165, 1.54) is 0 Å². The molecular formula is C20H16BrClN2O2. The molecule has 3 rings (SSSR count). The number of amides is 2. The largest absolute Gasteiger partial charge is 0.368 e. The standard InChI is InChI=1S/C20H16BrClN2O2/c21-17-9-8-14(22)10-13(17)11-18(19(23)25)24-20(26)16-7-3-5-12-4-1-2-6-15(12)16/h1-10,18H,11H2,(H2,23,25)(H,24,26)/t18-/m1/s1. The van der Waals surface area contributed by atoms with Crippen molar-refractivity contribution in [3.05, 3.63) is 81.3 Å². The molecule has 0 aliphatic rings. The highest BCUT2D eigenvalue weighted by atomic mass is 79.9. The Morgan fingerprint density at radius 3 is 2.58 bits per heavy atom. The van der Waals surface area contributed by atoms with E-state index < -0.39 is 11.9 Å². The molecule has 3 aromatic carbocycles. The number of nitrogens with two attached hydrogens (primary N) is 1. The van der Waals surface area contributed by atoms with E-state index in [2.05, 4.69) is 21.2 Å². The predicted octanol–water partition coefficient (Wildman–Crippen LogP) is 4.08. The molecule has 6 heteroatoms. The van der Waals surface area contributed by atoms with Crippen molar-refractivity contribution in [1.82, 2.24) is 5.32 Å². The van der Waals surface area contributed by atoms with Crippen LogP contribution in [0.4, 0.5) is 0 Å². The van der Waals surface area contributed by atoms with Crippen LogP contribution in [0.3, 0.4) is 0 Å². The molecule has 0 heterocycles. The summed E-state index contributed by atoms with van der Waals surface area (Å²) in [6, 6.07) is 17.5. The van der Waals surface area contributed by atoms with E-state index in [0.29, 0.717) is 10.6 Å². The van der Waals surface area contributed by atoms with Crippen molar-refractivity contribution in [3.8, 4) is 0 Å². The highest BCUT2D eigenvalue weighted by Crippen LogP contribution is 2.23. The Balaban J connectivity index is 1.87. The normalized spacial score (nSPS) is 11.9. The number of fused-ring (bicyclic) bond motifs is 1. The lowest BCUT2D eigenvalue weighted by molar-refractivity contribution is -0.119. The van der Waals surface area contributed by atoms with Crippen molar-refractivity contribution in [1.29, 1.82) is 0 Å². The molecule has 3 aromatic rings. The first-order valence-electron chi connectivity index (χ1n) is 7.97. The van der Waals surface area contributed by atoms with Gasteiger partial charge in [0, 0.05) is 21.5 Å². The highest BCUT2D eigenvalue weighted by molar-refractivity contribution is 9.10. The molecule has 132 valence electrons. The van der Waals surface area contributed by atoms with Gasteiger partial charge < -0.3 is 11.1 Å². The zero-order chi connectivity index (χ0) is 18.7. The van der Waals surface area contributed by atoms with Gasteiger partial charge >= 0.3 is 0 Å². The number of nitrogens with one attached hydrogen (secondary N) is 1. The van der Waals surface area contributed by atoms with Gasteiger partial charge in [0.25, 0.3) is 5.91 Å². The third kappa shape index (κ3) is 4.06. The van der Waals surface area contributed by atoms with Crippen molar-refractivity contribution in [2.75, 3.05) is 0 Å². The molecule has 0 saturated carbocycles. The molecule has 0 unspecified atom stereocenters. The molecule has 3 N–H and O–H groups in total. The van der Waals surface area contributed by atoms with Crippen molar-refractivity contribution in [2.24, 2.45) is 5.73 Å². The molecule has 0 radical (unpaired) electrons. The van der Waals surface area contributed by atoms with E-state index in [-0.39, 0.29) is 12.3 Å². The predicted molar refractivity (Wildman–Crippen MR) is 107 cm³/mol. The van der Waals surface area contributed by atoms with Crippen LogP contribution in [0.2, 0.25) is 5.02 Å². The summed E-state index contributed by atoms with van der Waals surface area (Å²) in [6.45, 7) is 0. The number of hydrogen-bond acceptors (Lipinski definition) is 2. The van der Waals surface area contributed by atoms with Crippen molar-refractivity contribution in [2.45, 2.75) is 12.5 Å². The maximum Gasteiger partial charge on any atom is 0.252 e. The summed E-state index contributed by atoms with van der Waals surface area (Å²) in [7, 11) is 0. The monoisotopic (exact) mass is 430 g/mol. The van der Waals surface area contributed by atoms with E-state index in [1.807, 2.05) is 36.4 Å². The molecule has 0 bridgehead atoms. The van der Waals surface area contributed by atoms with Crippen LogP contribution in [0.1, 0.15) is 15.9 Å². The van der Waals surface area contributed by atoms with Crippen LogP contribution in [0.25, 0.3) is 10.8 Å². The molecule has 0 aromatic heterocycles. The minimum absolute atomic E-state index is 0.243. The van der Waals surface area contributed by atoms with Crippen LogP contribution < -0.4 is 11.1 Å². The lowest BCUT2D eigenvalue weighted by Crippen LogP contribution is -2.46. The van der Waals surface area contributed by atoms with E-state index >= 15 is 0 Å². The minimum atomic E-state index is -0.851. The van der Waals surface area contributed by atoms with Gasteiger partial charge in [0.2, 0.25) is 5.91 Å². The van der Waals surface area contributed by atoms with Gasteiger partial charge in [0.05, 0.1) is 0 Å². The molecule has 4 nitrogen and oxygen atoms in total. The minimum Gasteiger partial charge on any atom is -0.368 e. The zero-order valence-corrected chi connectivity index (χ0v) is 16.0. The summed E-state index contributed by atoms with van der Waals surface area (Å²) in [6.07, 6.45) is 0.243. The molecular weight excluding hydrogens is 416 g/mol. The number of carbonyl (C=O) groups excluding carboxylic acids is 2. The van der Waals surface area contributed by atoms with E-state index in [1.54, 1.807) is 24.3 Å². The first-order valence-corrected chi connectivity index (χ1v) is 9.14. The molecule has 0 saturated heterocycles. The smallest absolute Gasteiger partial charge is 0.252 e. The Kier molecular flexibility index (Phi) is 5.59. The van der Waals surface area contributed by atoms with E-state index in [4.69, 9.17) is 17.3 Å². The van der Waals surface area contributed by atoms with Crippen molar-refractivity contribution < 1.29 is 9.59 Å². The second kappa shape index (κ2) is 7.89. The third-order valence-electron chi connectivity index (χ3n) is 4.11. The van der Waals surface area contributed by atoms with Gasteiger partial charge in [0.1, 0.15) is 6.04 Å². The lowest BCUT2D eigenvalue weighted by atomic mass is 10.0. The van der Waals surface area contributed by atoms with Crippen molar-refractivity contribution >= 4 is 50.1 Å². The molecule has 0 fully saturated rings. The van der Waals surface area contributed by atoms with Gasteiger partial charge in [-0.05, 0) is 40.6 Å². The second-order valence-corrected chi connectivity index (χ2v) is 7.19. The SMILES string of the molecule is NC(=O)[C@@H](Cc1cc(Cl)ccc1Br)NC(=O)c1cccc2ccccc12. The first-order chi connectivity index (χ1) is 12.5. The van der Waals surface area contributed by atoms with Crippen LogP contribution in [0, 0.1) is 0 Å². The number of halogens is 2. The van der Waals surface area contributed by atoms with Gasteiger partial charge in [0.15, 0.2) is 0 Å². The Bertz CT molecular complexity index is 985. The first kappa shape index (κ1) is 18.4. The van der Waals surface area contributed by atoms with E-state index in [9.17, 15) is 9.59 Å². The average molecular weight is 432 g/mol. The number of primary amides is 1. The molecule has 0 spiro atoms. The Morgan fingerprint density at radius 2 is 1.81 bits per heavy atom. The maximum atomic E-state index is 12.8. The van der Waals surface area contributed by atoms with Gasteiger partial charge in [-0.3, -0.25) is 9.59 Å². The Labute approximate surface area is 164 Å². The summed E-state index contributed by atoms with van der Waals surface area (Å²) in [5, 5.41) is 5.06. The van der Waals surface area contributed by atoms with Gasteiger partial charge in [-0.25, -0.2) is 0 Å². The van der Waals surface area contributed by atoms with Gasteiger partial charge in [-0.15, -0.1) is 0 Å². The number of rotatable bonds is 5. The third-order valence-corrected chi connectivity index (χ3v) is 5.12. The summed E-state index contributed by atoms with van der Waals surface area (Å²) in [5.41, 5.74) is 6.80. The van der Waals surface area contributed by atoms with Crippen molar-refractivity contribution in [3.63, 3.8) is 0 Å². The topological polar surface area (TPSA) is 72.2 Å².